The van der Waals surface area contributed by atoms with Crippen molar-refractivity contribution in [1.82, 2.24) is 9.78 Å². The molecule has 0 aliphatic heterocycles. The monoisotopic (exact) mass is 378 g/mol. The summed E-state index contributed by atoms with van der Waals surface area (Å²) < 4.78 is 12.4. The van der Waals surface area contributed by atoms with E-state index in [1.807, 2.05) is 37.3 Å². The number of ether oxygens (including phenoxy) is 2. The number of carbonyl (C=O) groups is 2. The molecule has 0 fully saturated rings. The van der Waals surface area contributed by atoms with Gasteiger partial charge in [0.05, 0.1) is 24.9 Å². The minimum absolute atomic E-state index is 0.0493. The van der Waals surface area contributed by atoms with E-state index in [1.165, 1.54) is 0 Å². The van der Waals surface area contributed by atoms with Crippen molar-refractivity contribution >= 4 is 11.8 Å². The van der Waals surface area contributed by atoms with Crippen LogP contribution in [-0.2, 0) is 16.0 Å². The first-order chi connectivity index (χ1) is 13.6. The molecule has 1 aromatic heterocycles. The van der Waals surface area contributed by atoms with E-state index in [1.54, 1.807) is 48.3 Å². The second-order valence-corrected chi connectivity index (χ2v) is 6.26. The molecule has 0 saturated carbocycles. The van der Waals surface area contributed by atoms with E-state index in [9.17, 15) is 9.59 Å². The summed E-state index contributed by atoms with van der Waals surface area (Å²) in [6, 6.07) is 16.4. The molecule has 3 rings (SSSR count). The summed E-state index contributed by atoms with van der Waals surface area (Å²) in [4.78, 5) is 24.7. The van der Waals surface area contributed by atoms with Crippen LogP contribution in [0.4, 0.5) is 0 Å². The Morgan fingerprint density at radius 3 is 2.46 bits per heavy atom. The van der Waals surface area contributed by atoms with Crippen molar-refractivity contribution in [1.29, 1.82) is 0 Å². The van der Waals surface area contributed by atoms with Gasteiger partial charge in [-0.25, -0.2) is 4.68 Å². The van der Waals surface area contributed by atoms with E-state index in [0.29, 0.717) is 17.9 Å². The molecule has 0 bridgehead atoms. The standard InChI is InChI=1S/C22H22N2O4/c1-3-27-20-11-9-18(10-12-20)22(26)16(2)28-21(25)13-17-14-23-24(15-17)19-7-5-4-6-8-19/h4-12,14-16H,3,13H2,1-2H3/t16-/m0/s1. The first kappa shape index (κ1) is 19.4. The maximum Gasteiger partial charge on any atom is 0.311 e. The number of para-hydroxylation sites is 1. The highest BCUT2D eigenvalue weighted by Crippen LogP contribution is 2.15. The molecule has 3 aromatic rings. The molecule has 0 radical (unpaired) electrons. The Kier molecular flexibility index (Phi) is 6.22. The van der Waals surface area contributed by atoms with E-state index >= 15 is 0 Å². The zero-order valence-corrected chi connectivity index (χ0v) is 15.9. The number of benzene rings is 2. The molecule has 0 unspecified atom stereocenters. The third-order valence-electron chi connectivity index (χ3n) is 4.13. The molecule has 0 aliphatic rings. The van der Waals surface area contributed by atoms with Gasteiger partial charge in [-0.05, 0) is 50.2 Å². The largest absolute Gasteiger partial charge is 0.494 e. The van der Waals surface area contributed by atoms with Crippen molar-refractivity contribution in [3.8, 4) is 11.4 Å². The molecule has 6 heteroatoms. The average Bonchev–Trinajstić information content (AvgIpc) is 3.17. The SMILES string of the molecule is CCOc1ccc(C(=O)[C@H](C)OC(=O)Cc2cnn(-c3ccccc3)c2)cc1. The van der Waals surface area contributed by atoms with Crippen LogP contribution >= 0.6 is 0 Å². The molecule has 0 N–H and O–H groups in total. The Balaban J connectivity index is 1.57. The maximum atomic E-state index is 12.5. The van der Waals surface area contributed by atoms with Gasteiger partial charge in [0.15, 0.2) is 6.10 Å². The Bertz CT molecular complexity index is 933. The fraction of sp³-hybridized carbons (Fsp3) is 0.227. The van der Waals surface area contributed by atoms with Gasteiger partial charge in [0.1, 0.15) is 5.75 Å². The molecule has 1 heterocycles. The Morgan fingerprint density at radius 2 is 1.79 bits per heavy atom. The topological polar surface area (TPSA) is 70.4 Å². The molecule has 0 spiro atoms. The molecule has 28 heavy (non-hydrogen) atoms. The second-order valence-electron chi connectivity index (χ2n) is 6.26. The number of nitrogens with zero attached hydrogens (tertiary/aromatic N) is 2. The van der Waals surface area contributed by atoms with Gasteiger partial charge in [-0.15, -0.1) is 0 Å². The molecule has 144 valence electrons. The Labute approximate surface area is 163 Å². The average molecular weight is 378 g/mol. The number of esters is 1. The number of rotatable bonds is 8. The highest BCUT2D eigenvalue weighted by atomic mass is 16.5. The smallest absolute Gasteiger partial charge is 0.311 e. The third-order valence-corrected chi connectivity index (χ3v) is 4.13. The fourth-order valence-corrected chi connectivity index (χ4v) is 2.75. The van der Waals surface area contributed by atoms with Gasteiger partial charge < -0.3 is 9.47 Å². The van der Waals surface area contributed by atoms with Gasteiger partial charge in [-0.3, -0.25) is 9.59 Å². The van der Waals surface area contributed by atoms with Gasteiger partial charge in [0.2, 0.25) is 5.78 Å². The number of hydrogen-bond acceptors (Lipinski definition) is 5. The van der Waals surface area contributed by atoms with Crippen molar-refractivity contribution in [2.75, 3.05) is 6.61 Å². The quantitative estimate of drug-likeness (QED) is 0.442. The highest BCUT2D eigenvalue weighted by molar-refractivity contribution is 6.00. The van der Waals surface area contributed by atoms with Crippen molar-refractivity contribution in [3.63, 3.8) is 0 Å². The maximum absolute atomic E-state index is 12.5. The van der Waals surface area contributed by atoms with Crippen molar-refractivity contribution in [2.45, 2.75) is 26.4 Å². The summed E-state index contributed by atoms with van der Waals surface area (Å²) >= 11 is 0. The van der Waals surface area contributed by atoms with E-state index in [0.717, 1.165) is 11.3 Å². The van der Waals surface area contributed by atoms with Crippen LogP contribution in [0.1, 0.15) is 29.8 Å². The number of hydrogen-bond donors (Lipinski definition) is 0. The lowest BCUT2D eigenvalue weighted by atomic mass is 10.1. The summed E-state index contributed by atoms with van der Waals surface area (Å²) in [5.41, 5.74) is 2.09. The zero-order chi connectivity index (χ0) is 19.9. The third kappa shape index (κ3) is 4.85. The summed E-state index contributed by atoms with van der Waals surface area (Å²) in [6.07, 6.45) is 2.57. The lowest BCUT2D eigenvalue weighted by Crippen LogP contribution is -2.25. The van der Waals surface area contributed by atoms with Crippen LogP contribution in [0.15, 0.2) is 67.0 Å². The highest BCUT2D eigenvalue weighted by Gasteiger charge is 2.20. The normalized spacial score (nSPS) is 11.6. The lowest BCUT2D eigenvalue weighted by molar-refractivity contribution is -0.145. The van der Waals surface area contributed by atoms with Crippen LogP contribution in [0.2, 0.25) is 0 Å². The minimum atomic E-state index is -0.866. The number of ketones is 1. The summed E-state index contributed by atoms with van der Waals surface area (Å²) in [6.45, 7) is 4.02. The predicted molar refractivity (Wildman–Crippen MR) is 105 cm³/mol. The summed E-state index contributed by atoms with van der Waals surface area (Å²) in [5.74, 6) is -0.0325. The van der Waals surface area contributed by atoms with Gasteiger partial charge in [-0.1, -0.05) is 18.2 Å². The van der Waals surface area contributed by atoms with Crippen LogP contribution in [0.5, 0.6) is 5.75 Å². The van der Waals surface area contributed by atoms with Crippen molar-refractivity contribution in [2.24, 2.45) is 0 Å². The van der Waals surface area contributed by atoms with Crippen LogP contribution in [-0.4, -0.2) is 34.2 Å². The van der Waals surface area contributed by atoms with Gasteiger partial charge >= 0.3 is 5.97 Å². The van der Waals surface area contributed by atoms with Crippen LogP contribution in [0, 0.1) is 0 Å². The predicted octanol–water partition coefficient (Wildman–Crippen LogP) is 3.63. The van der Waals surface area contributed by atoms with E-state index < -0.39 is 12.1 Å². The van der Waals surface area contributed by atoms with Gasteiger partial charge in [0, 0.05) is 17.3 Å². The minimum Gasteiger partial charge on any atom is -0.494 e. The van der Waals surface area contributed by atoms with Crippen LogP contribution in [0.25, 0.3) is 5.69 Å². The molecule has 6 nitrogen and oxygen atoms in total. The zero-order valence-electron chi connectivity index (χ0n) is 15.9. The van der Waals surface area contributed by atoms with Gasteiger partial charge in [0.25, 0.3) is 0 Å². The first-order valence-corrected chi connectivity index (χ1v) is 9.12. The van der Waals surface area contributed by atoms with Crippen molar-refractivity contribution < 1.29 is 19.1 Å². The number of carbonyl (C=O) groups excluding carboxylic acids is 2. The van der Waals surface area contributed by atoms with E-state index in [-0.39, 0.29) is 12.2 Å². The van der Waals surface area contributed by atoms with Crippen molar-refractivity contribution in [3.05, 3.63) is 78.1 Å². The van der Waals surface area contributed by atoms with E-state index in [2.05, 4.69) is 5.10 Å². The van der Waals surface area contributed by atoms with Crippen LogP contribution < -0.4 is 4.74 Å². The first-order valence-electron chi connectivity index (χ1n) is 9.12. The summed E-state index contributed by atoms with van der Waals surface area (Å²) in [5, 5.41) is 4.25. The molecule has 0 aliphatic carbocycles. The fourth-order valence-electron chi connectivity index (χ4n) is 2.75. The lowest BCUT2D eigenvalue weighted by Gasteiger charge is -2.12. The van der Waals surface area contributed by atoms with Crippen LogP contribution in [0.3, 0.4) is 0 Å². The molecular weight excluding hydrogens is 356 g/mol. The Morgan fingerprint density at radius 1 is 1.07 bits per heavy atom. The second kappa shape index (κ2) is 8.99. The number of aromatic nitrogens is 2. The molecule has 0 saturated heterocycles. The van der Waals surface area contributed by atoms with E-state index in [4.69, 9.17) is 9.47 Å². The molecular formula is C22H22N2O4. The molecule has 1 atom stereocenters. The molecule has 0 amide bonds. The number of Topliss-reactive ketones (excluding diaryl/α,β-unsaturated/α-hetero) is 1. The Hall–Kier alpha value is -3.41. The summed E-state index contributed by atoms with van der Waals surface area (Å²) in [7, 11) is 0. The molecule has 2 aromatic carbocycles. The van der Waals surface area contributed by atoms with Gasteiger partial charge in [-0.2, -0.15) is 5.10 Å².